The van der Waals surface area contributed by atoms with Crippen LogP contribution >= 0.6 is 0 Å². The molecule has 22 heavy (non-hydrogen) atoms. The van der Waals surface area contributed by atoms with Gasteiger partial charge in [0.25, 0.3) is 5.91 Å². The Balaban J connectivity index is 1.93. The Kier molecular flexibility index (Phi) is 4.54. The zero-order chi connectivity index (χ0) is 16.3. The molecule has 5 nitrogen and oxygen atoms in total. The van der Waals surface area contributed by atoms with Crippen molar-refractivity contribution in [2.75, 3.05) is 11.9 Å². The Labute approximate surface area is 130 Å². The first-order valence-corrected chi connectivity index (χ1v) is 7.23. The van der Waals surface area contributed by atoms with E-state index in [9.17, 15) is 4.79 Å². The fraction of sp³-hybridized carbons (Fsp3) is 0.412. The molecule has 0 aliphatic rings. The molecule has 1 N–H and O–H groups in total. The molecular weight excluding hydrogens is 280 g/mol. The molecule has 1 aromatic carbocycles. The average molecular weight is 302 g/mol. The van der Waals surface area contributed by atoms with E-state index < -0.39 is 0 Å². The predicted molar refractivity (Wildman–Crippen MR) is 85.2 cm³/mol. The zero-order valence-corrected chi connectivity index (χ0v) is 13.7. The van der Waals surface area contributed by atoms with Gasteiger partial charge in [0, 0.05) is 11.5 Å². The number of ether oxygens (including phenoxy) is 1. The summed E-state index contributed by atoms with van der Waals surface area (Å²) in [6.45, 7) is 9.91. The molecule has 5 heteroatoms. The molecule has 118 valence electrons. The standard InChI is InChI=1S/C17H22N2O3/c1-11-6-7-12(2)13(8-11)21-10-16(20)18-15-9-14(22-19-15)17(3,4)5/h6-9H,10H2,1-5H3,(H,18,19,20). The normalized spacial score (nSPS) is 11.3. The summed E-state index contributed by atoms with van der Waals surface area (Å²) >= 11 is 0. The van der Waals surface area contributed by atoms with Crippen LogP contribution in [0.1, 0.15) is 37.7 Å². The van der Waals surface area contributed by atoms with Crippen molar-refractivity contribution in [1.82, 2.24) is 5.16 Å². The lowest BCUT2D eigenvalue weighted by molar-refractivity contribution is -0.118. The first-order chi connectivity index (χ1) is 10.3. The summed E-state index contributed by atoms with van der Waals surface area (Å²) in [5.41, 5.74) is 1.94. The molecule has 1 amide bonds. The van der Waals surface area contributed by atoms with Crippen molar-refractivity contribution < 1.29 is 14.1 Å². The van der Waals surface area contributed by atoms with Gasteiger partial charge in [-0.3, -0.25) is 4.79 Å². The van der Waals surface area contributed by atoms with Gasteiger partial charge in [0.2, 0.25) is 0 Å². The molecule has 1 heterocycles. The third-order valence-corrected chi connectivity index (χ3v) is 3.22. The van der Waals surface area contributed by atoms with Crippen molar-refractivity contribution in [3.05, 3.63) is 41.2 Å². The number of carbonyl (C=O) groups is 1. The number of hydrogen-bond acceptors (Lipinski definition) is 4. The van der Waals surface area contributed by atoms with E-state index >= 15 is 0 Å². The molecule has 0 atom stereocenters. The monoisotopic (exact) mass is 302 g/mol. The smallest absolute Gasteiger partial charge is 0.263 e. The summed E-state index contributed by atoms with van der Waals surface area (Å²) in [7, 11) is 0. The van der Waals surface area contributed by atoms with Crippen LogP contribution in [0.4, 0.5) is 5.82 Å². The lowest BCUT2D eigenvalue weighted by atomic mass is 9.93. The van der Waals surface area contributed by atoms with Crippen LogP contribution in [0.5, 0.6) is 5.75 Å². The van der Waals surface area contributed by atoms with Crippen LogP contribution < -0.4 is 10.1 Å². The second-order valence-electron chi connectivity index (χ2n) is 6.43. The second kappa shape index (κ2) is 6.22. The minimum Gasteiger partial charge on any atom is -0.483 e. The first-order valence-electron chi connectivity index (χ1n) is 7.23. The van der Waals surface area contributed by atoms with Crippen molar-refractivity contribution in [3.8, 4) is 5.75 Å². The van der Waals surface area contributed by atoms with E-state index in [-0.39, 0.29) is 17.9 Å². The fourth-order valence-electron chi connectivity index (χ4n) is 1.87. The number of aryl methyl sites for hydroxylation is 2. The molecule has 1 aromatic heterocycles. The topological polar surface area (TPSA) is 64.4 Å². The van der Waals surface area contributed by atoms with E-state index in [2.05, 4.69) is 10.5 Å². The van der Waals surface area contributed by atoms with Crippen LogP contribution in [0.2, 0.25) is 0 Å². The quantitative estimate of drug-likeness (QED) is 0.937. The Bertz CT molecular complexity index is 669. The summed E-state index contributed by atoms with van der Waals surface area (Å²) in [5.74, 6) is 1.57. The van der Waals surface area contributed by atoms with Crippen LogP contribution in [-0.4, -0.2) is 17.7 Å². The Morgan fingerprint density at radius 2 is 2.00 bits per heavy atom. The summed E-state index contributed by atoms with van der Waals surface area (Å²) in [6, 6.07) is 7.62. The molecule has 0 aliphatic heterocycles. The maximum atomic E-state index is 11.9. The van der Waals surface area contributed by atoms with Gasteiger partial charge in [0.1, 0.15) is 11.5 Å². The molecule has 0 aliphatic carbocycles. The Hall–Kier alpha value is -2.30. The molecular formula is C17H22N2O3. The number of rotatable bonds is 4. The second-order valence-corrected chi connectivity index (χ2v) is 6.43. The van der Waals surface area contributed by atoms with E-state index in [4.69, 9.17) is 9.26 Å². The molecule has 0 saturated carbocycles. The molecule has 0 bridgehead atoms. The van der Waals surface area contributed by atoms with Crippen LogP contribution in [0.25, 0.3) is 0 Å². The van der Waals surface area contributed by atoms with Crippen LogP contribution in [0, 0.1) is 13.8 Å². The van der Waals surface area contributed by atoms with Crippen molar-refractivity contribution in [1.29, 1.82) is 0 Å². The van der Waals surface area contributed by atoms with Gasteiger partial charge in [0.05, 0.1) is 0 Å². The van der Waals surface area contributed by atoms with Gasteiger partial charge < -0.3 is 14.6 Å². The SMILES string of the molecule is Cc1ccc(C)c(OCC(=O)Nc2cc(C(C)(C)C)on2)c1. The van der Waals surface area contributed by atoms with Gasteiger partial charge in [-0.2, -0.15) is 0 Å². The van der Waals surface area contributed by atoms with Crippen LogP contribution in [-0.2, 0) is 10.2 Å². The number of nitrogens with zero attached hydrogens (tertiary/aromatic N) is 1. The number of carbonyl (C=O) groups excluding carboxylic acids is 1. The number of nitrogens with one attached hydrogen (secondary N) is 1. The molecule has 2 aromatic rings. The lowest BCUT2D eigenvalue weighted by Gasteiger charge is -2.12. The lowest BCUT2D eigenvalue weighted by Crippen LogP contribution is -2.20. The van der Waals surface area contributed by atoms with Crippen molar-refractivity contribution in [2.45, 2.75) is 40.0 Å². The van der Waals surface area contributed by atoms with Crippen LogP contribution in [0.3, 0.4) is 0 Å². The summed E-state index contributed by atoms with van der Waals surface area (Å²) in [6.07, 6.45) is 0. The van der Waals surface area contributed by atoms with Crippen molar-refractivity contribution in [3.63, 3.8) is 0 Å². The predicted octanol–water partition coefficient (Wildman–Crippen LogP) is 3.61. The average Bonchev–Trinajstić information content (AvgIpc) is 2.88. The molecule has 2 rings (SSSR count). The van der Waals surface area contributed by atoms with Gasteiger partial charge in [-0.1, -0.05) is 38.1 Å². The minimum absolute atomic E-state index is 0.0675. The molecule has 0 fully saturated rings. The Morgan fingerprint density at radius 1 is 1.27 bits per heavy atom. The third-order valence-electron chi connectivity index (χ3n) is 3.22. The highest BCUT2D eigenvalue weighted by molar-refractivity contribution is 5.90. The number of anilines is 1. The van der Waals surface area contributed by atoms with Gasteiger partial charge in [0.15, 0.2) is 12.4 Å². The fourth-order valence-corrected chi connectivity index (χ4v) is 1.87. The largest absolute Gasteiger partial charge is 0.483 e. The van der Waals surface area contributed by atoms with Crippen LogP contribution in [0.15, 0.2) is 28.8 Å². The maximum Gasteiger partial charge on any atom is 0.263 e. The maximum absolute atomic E-state index is 11.9. The summed E-state index contributed by atoms with van der Waals surface area (Å²) in [5, 5.41) is 6.52. The number of aromatic nitrogens is 1. The highest BCUT2D eigenvalue weighted by atomic mass is 16.5. The van der Waals surface area contributed by atoms with Gasteiger partial charge in [-0.15, -0.1) is 0 Å². The minimum atomic E-state index is -0.269. The molecule has 0 spiro atoms. The summed E-state index contributed by atoms with van der Waals surface area (Å²) in [4.78, 5) is 11.9. The van der Waals surface area contributed by atoms with E-state index in [1.807, 2.05) is 52.8 Å². The van der Waals surface area contributed by atoms with E-state index in [1.54, 1.807) is 6.07 Å². The van der Waals surface area contributed by atoms with E-state index in [0.29, 0.717) is 11.6 Å². The zero-order valence-electron chi connectivity index (χ0n) is 13.7. The number of hydrogen-bond donors (Lipinski definition) is 1. The van der Waals surface area contributed by atoms with Gasteiger partial charge in [-0.05, 0) is 31.0 Å². The first kappa shape index (κ1) is 16.1. The number of benzene rings is 1. The highest BCUT2D eigenvalue weighted by Gasteiger charge is 2.20. The van der Waals surface area contributed by atoms with E-state index in [0.717, 1.165) is 16.9 Å². The molecule has 0 radical (unpaired) electrons. The van der Waals surface area contributed by atoms with Crippen molar-refractivity contribution >= 4 is 11.7 Å². The van der Waals surface area contributed by atoms with Crippen molar-refractivity contribution in [2.24, 2.45) is 0 Å². The molecule has 0 saturated heterocycles. The Morgan fingerprint density at radius 3 is 2.64 bits per heavy atom. The van der Waals surface area contributed by atoms with E-state index in [1.165, 1.54) is 0 Å². The highest BCUT2D eigenvalue weighted by Crippen LogP contribution is 2.24. The van der Waals surface area contributed by atoms with Gasteiger partial charge in [-0.25, -0.2) is 0 Å². The summed E-state index contributed by atoms with van der Waals surface area (Å²) < 4.78 is 10.8. The number of amides is 1. The molecule has 0 unspecified atom stereocenters. The third kappa shape index (κ3) is 4.10. The van der Waals surface area contributed by atoms with Gasteiger partial charge >= 0.3 is 0 Å².